The summed E-state index contributed by atoms with van der Waals surface area (Å²) < 4.78 is 19.9. The monoisotopic (exact) mass is 499 g/mol. The maximum absolute atomic E-state index is 13.8. The van der Waals surface area contributed by atoms with Gasteiger partial charge in [0.1, 0.15) is 16.9 Å². The van der Waals surface area contributed by atoms with Gasteiger partial charge in [-0.05, 0) is 76.6 Å². The van der Waals surface area contributed by atoms with Crippen molar-refractivity contribution in [1.29, 1.82) is 0 Å². The summed E-state index contributed by atoms with van der Waals surface area (Å²) in [7, 11) is 0. The number of piperidine rings is 1. The highest BCUT2D eigenvalue weighted by Crippen LogP contribution is 2.23. The van der Waals surface area contributed by atoms with Crippen molar-refractivity contribution in [2.45, 2.75) is 39.2 Å². The average Bonchev–Trinajstić information content (AvgIpc) is 3.27. The fraction of sp³-hybridized carbons (Fsp3) is 0.360. The topological polar surface area (TPSA) is 138 Å². The number of nitrogens with two attached hydrogens (primary N) is 1. The molecule has 0 saturated carbocycles. The zero-order chi connectivity index (χ0) is 26.3. The standard InChI is InChI=1S/C20H20FN5O3.C5H10O2/c21-14-8-13-11-26(25-18(13)17(9-14)20(28)29-22)16-5-3-15(4-6-16)24-19(27)12-2-1-7-23-10-12;1-5(2,3)7-4-6/h3-6,8-9,11-12,23H,1-2,7,10,22H2,(H,24,27);4H,1-3H3. The lowest BCUT2D eigenvalue weighted by Gasteiger charge is -2.21. The SMILES string of the molecule is CC(C)(C)OC=O.NOC(=O)c1cc(F)cc2cn(-c3ccc(NC(=O)C4CCCNC4)cc3)nc12. The zero-order valence-corrected chi connectivity index (χ0v) is 20.4. The van der Waals surface area contributed by atoms with Gasteiger partial charge >= 0.3 is 5.97 Å². The van der Waals surface area contributed by atoms with Gasteiger partial charge in [-0.3, -0.25) is 9.59 Å². The van der Waals surface area contributed by atoms with Crippen LogP contribution in [0.15, 0.2) is 42.6 Å². The molecular weight excluding hydrogens is 469 g/mol. The summed E-state index contributed by atoms with van der Waals surface area (Å²) >= 11 is 0. The summed E-state index contributed by atoms with van der Waals surface area (Å²) in [5, 5.41) is 10.9. The second kappa shape index (κ2) is 11.7. The number of fused-ring (bicyclic) bond motifs is 1. The molecule has 1 amide bonds. The maximum atomic E-state index is 13.8. The minimum absolute atomic E-state index is 0.00445. The van der Waals surface area contributed by atoms with E-state index < -0.39 is 11.8 Å². The minimum Gasteiger partial charge on any atom is -0.462 e. The summed E-state index contributed by atoms with van der Waals surface area (Å²) in [5.41, 5.74) is 1.28. The second-order valence-corrected chi connectivity index (χ2v) is 9.28. The van der Waals surface area contributed by atoms with Crippen LogP contribution in [0.2, 0.25) is 0 Å². The van der Waals surface area contributed by atoms with Crippen LogP contribution in [0.3, 0.4) is 0 Å². The van der Waals surface area contributed by atoms with Crippen LogP contribution in [0.25, 0.3) is 16.6 Å². The first kappa shape index (κ1) is 26.8. The van der Waals surface area contributed by atoms with Gasteiger partial charge in [0, 0.05) is 23.8 Å². The Morgan fingerprint density at radius 1 is 1.25 bits per heavy atom. The molecule has 36 heavy (non-hydrogen) atoms. The molecule has 2 aromatic carbocycles. The Morgan fingerprint density at radius 3 is 2.53 bits per heavy atom. The molecule has 0 radical (unpaired) electrons. The highest BCUT2D eigenvalue weighted by atomic mass is 19.1. The molecule has 3 aromatic rings. The molecule has 1 atom stereocenters. The molecule has 1 saturated heterocycles. The third-order valence-corrected chi connectivity index (χ3v) is 5.37. The molecular formula is C25H30FN5O5. The number of benzene rings is 2. The van der Waals surface area contributed by atoms with Crippen molar-refractivity contribution in [3.05, 3.63) is 54.0 Å². The number of carbonyl (C=O) groups is 3. The Hall–Kier alpha value is -3.83. The lowest BCUT2D eigenvalue weighted by molar-refractivity contribution is -0.138. The molecule has 1 unspecified atom stereocenters. The van der Waals surface area contributed by atoms with E-state index in [1.165, 1.54) is 10.7 Å². The summed E-state index contributed by atoms with van der Waals surface area (Å²) in [6, 6.07) is 9.40. The number of amides is 1. The first-order valence-corrected chi connectivity index (χ1v) is 11.4. The smallest absolute Gasteiger partial charge is 0.359 e. The number of nitrogens with zero attached hydrogens (tertiary/aromatic N) is 2. The van der Waals surface area contributed by atoms with E-state index in [-0.39, 0.29) is 28.5 Å². The number of hydrogen-bond acceptors (Lipinski definition) is 8. The van der Waals surface area contributed by atoms with Gasteiger partial charge in [-0.25, -0.2) is 13.9 Å². The van der Waals surface area contributed by atoms with Crippen LogP contribution in [0, 0.1) is 11.7 Å². The van der Waals surface area contributed by atoms with Crippen LogP contribution in [-0.2, 0) is 19.2 Å². The third-order valence-electron chi connectivity index (χ3n) is 5.37. The van der Waals surface area contributed by atoms with Gasteiger partial charge in [-0.2, -0.15) is 11.0 Å². The zero-order valence-electron chi connectivity index (χ0n) is 20.4. The molecule has 4 N–H and O–H groups in total. The highest BCUT2D eigenvalue weighted by Gasteiger charge is 2.21. The number of anilines is 1. The summed E-state index contributed by atoms with van der Waals surface area (Å²) in [5.74, 6) is 3.44. The van der Waals surface area contributed by atoms with E-state index in [0.717, 1.165) is 25.5 Å². The van der Waals surface area contributed by atoms with E-state index in [0.29, 0.717) is 29.8 Å². The predicted molar refractivity (Wildman–Crippen MR) is 132 cm³/mol. The Balaban J connectivity index is 0.000000454. The third kappa shape index (κ3) is 7.09. The minimum atomic E-state index is -0.866. The van der Waals surface area contributed by atoms with Crippen LogP contribution in [0.1, 0.15) is 44.0 Å². The van der Waals surface area contributed by atoms with E-state index in [9.17, 15) is 18.8 Å². The molecule has 1 aliphatic heterocycles. The summed E-state index contributed by atoms with van der Waals surface area (Å²) in [4.78, 5) is 38.0. The average molecular weight is 500 g/mol. The molecule has 4 rings (SSSR count). The van der Waals surface area contributed by atoms with Crippen molar-refractivity contribution in [2.24, 2.45) is 11.8 Å². The van der Waals surface area contributed by atoms with Gasteiger partial charge in [-0.15, -0.1) is 0 Å². The first-order valence-electron chi connectivity index (χ1n) is 11.4. The number of ether oxygens (including phenoxy) is 1. The second-order valence-electron chi connectivity index (χ2n) is 9.28. The first-order chi connectivity index (χ1) is 17.1. The largest absolute Gasteiger partial charge is 0.462 e. The molecule has 1 fully saturated rings. The van der Waals surface area contributed by atoms with E-state index >= 15 is 0 Å². The van der Waals surface area contributed by atoms with Crippen molar-refractivity contribution in [3.63, 3.8) is 0 Å². The quantitative estimate of drug-likeness (QED) is 0.360. The number of halogens is 1. The van der Waals surface area contributed by atoms with Gasteiger partial charge in [0.2, 0.25) is 5.91 Å². The number of carbonyl (C=O) groups excluding carboxylic acids is 3. The lowest BCUT2D eigenvalue weighted by Crippen LogP contribution is -2.37. The number of hydrogen-bond donors (Lipinski definition) is 3. The number of aromatic nitrogens is 2. The van der Waals surface area contributed by atoms with Crippen LogP contribution < -0.4 is 16.5 Å². The maximum Gasteiger partial charge on any atom is 0.359 e. The fourth-order valence-electron chi connectivity index (χ4n) is 3.61. The van der Waals surface area contributed by atoms with Gasteiger partial charge in [0.25, 0.3) is 6.47 Å². The van der Waals surface area contributed by atoms with Gasteiger partial charge in [-0.1, -0.05) is 0 Å². The fourth-order valence-corrected chi connectivity index (χ4v) is 3.61. The van der Waals surface area contributed by atoms with Crippen molar-refractivity contribution in [2.75, 3.05) is 18.4 Å². The number of rotatable bonds is 5. The normalized spacial score (nSPS) is 15.4. The van der Waals surface area contributed by atoms with Crippen molar-refractivity contribution >= 4 is 34.9 Å². The highest BCUT2D eigenvalue weighted by molar-refractivity contribution is 6.02. The molecule has 0 spiro atoms. The molecule has 0 aliphatic carbocycles. The van der Waals surface area contributed by atoms with Crippen molar-refractivity contribution in [3.8, 4) is 5.69 Å². The molecule has 10 nitrogen and oxygen atoms in total. The van der Waals surface area contributed by atoms with Crippen molar-refractivity contribution < 1.29 is 28.3 Å². The van der Waals surface area contributed by atoms with E-state index in [1.807, 2.05) is 20.8 Å². The van der Waals surface area contributed by atoms with Crippen LogP contribution in [0.5, 0.6) is 0 Å². The van der Waals surface area contributed by atoms with Crippen LogP contribution in [-0.4, -0.2) is 46.8 Å². The Bertz CT molecular complexity index is 1210. The molecule has 2 heterocycles. The van der Waals surface area contributed by atoms with Gasteiger partial charge < -0.3 is 20.2 Å². The Morgan fingerprint density at radius 2 is 1.97 bits per heavy atom. The van der Waals surface area contributed by atoms with Crippen molar-refractivity contribution in [1.82, 2.24) is 15.1 Å². The molecule has 1 aliphatic rings. The lowest BCUT2D eigenvalue weighted by atomic mass is 9.99. The van der Waals surface area contributed by atoms with E-state index in [2.05, 4.69) is 25.3 Å². The summed E-state index contributed by atoms with van der Waals surface area (Å²) in [6.45, 7) is 7.56. The van der Waals surface area contributed by atoms with Gasteiger partial charge in [0.05, 0.1) is 17.2 Å². The van der Waals surface area contributed by atoms with E-state index in [4.69, 9.17) is 5.90 Å². The molecule has 192 valence electrons. The predicted octanol–water partition coefficient (Wildman–Crippen LogP) is 3.09. The van der Waals surface area contributed by atoms with E-state index in [1.54, 1.807) is 30.5 Å². The Kier molecular flexibility index (Phi) is 8.73. The molecule has 1 aromatic heterocycles. The number of nitrogens with one attached hydrogen (secondary N) is 2. The van der Waals surface area contributed by atoms with Crippen LogP contribution in [0.4, 0.5) is 10.1 Å². The summed E-state index contributed by atoms with van der Waals surface area (Å²) in [6.07, 6.45) is 3.47. The van der Waals surface area contributed by atoms with Crippen LogP contribution >= 0.6 is 0 Å². The molecule has 11 heteroatoms. The molecule has 0 bridgehead atoms. The Labute approximate surface area is 207 Å². The van der Waals surface area contributed by atoms with Gasteiger partial charge in [0.15, 0.2) is 0 Å².